The van der Waals surface area contributed by atoms with Gasteiger partial charge in [0.05, 0.1) is 12.0 Å². The fraction of sp³-hybridized carbons (Fsp3) is 0.538. The van der Waals surface area contributed by atoms with Crippen molar-refractivity contribution in [3.63, 3.8) is 0 Å². The molecule has 0 saturated carbocycles. The van der Waals surface area contributed by atoms with Crippen LogP contribution in [0.1, 0.15) is 26.3 Å². The lowest BCUT2D eigenvalue weighted by Crippen LogP contribution is -2.36. The molecule has 6 heteroatoms. The van der Waals surface area contributed by atoms with Gasteiger partial charge in [-0.2, -0.15) is 4.31 Å². The molecule has 5 nitrogen and oxygen atoms in total. The highest BCUT2D eigenvalue weighted by Gasteiger charge is 2.26. The molecule has 1 rings (SSSR count). The molecule has 0 heterocycles. The molecule has 0 bridgehead atoms. The van der Waals surface area contributed by atoms with E-state index in [1.54, 1.807) is 18.2 Å². The van der Waals surface area contributed by atoms with Crippen molar-refractivity contribution in [3.8, 4) is 5.75 Å². The van der Waals surface area contributed by atoms with Gasteiger partial charge in [0.2, 0.25) is 10.0 Å². The Labute approximate surface area is 115 Å². The maximum absolute atomic E-state index is 12.5. The van der Waals surface area contributed by atoms with Crippen LogP contribution in [0.3, 0.4) is 0 Å². The second kappa shape index (κ2) is 6.36. The minimum atomic E-state index is -3.49. The molecule has 108 valence electrons. The molecule has 0 saturated heterocycles. The van der Waals surface area contributed by atoms with Gasteiger partial charge < -0.3 is 10.5 Å². The molecular formula is C13H22N2O3S. The standard InChI is InChI=1S/C13H22N2O3S/c1-5-15(10(2)3)19(16,17)12-6-7-13(18-4)11(8-12)9-14/h6-8,10H,5,9,14H2,1-4H3. The number of nitrogens with zero attached hydrogens (tertiary/aromatic N) is 1. The van der Waals surface area contributed by atoms with Crippen LogP contribution in [-0.2, 0) is 16.6 Å². The van der Waals surface area contributed by atoms with Crippen molar-refractivity contribution < 1.29 is 13.2 Å². The number of ether oxygens (including phenoxy) is 1. The van der Waals surface area contributed by atoms with Crippen LogP contribution < -0.4 is 10.5 Å². The zero-order chi connectivity index (χ0) is 14.6. The molecule has 1 aromatic carbocycles. The summed E-state index contributed by atoms with van der Waals surface area (Å²) in [5.74, 6) is 0.606. The normalized spacial score (nSPS) is 12.2. The van der Waals surface area contributed by atoms with Crippen molar-refractivity contribution in [1.29, 1.82) is 0 Å². The van der Waals surface area contributed by atoms with E-state index >= 15 is 0 Å². The topological polar surface area (TPSA) is 72.6 Å². The van der Waals surface area contributed by atoms with Crippen molar-refractivity contribution in [2.24, 2.45) is 5.73 Å². The van der Waals surface area contributed by atoms with Crippen LogP contribution in [0.25, 0.3) is 0 Å². The smallest absolute Gasteiger partial charge is 0.243 e. The van der Waals surface area contributed by atoms with E-state index in [0.29, 0.717) is 17.9 Å². The van der Waals surface area contributed by atoms with Crippen LogP contribution in [0.15, 0.2) is 23.1 Å². The third kappa shape index (κ3) is 3.26. The highest BCUT2D eigenvalue weighted by atomic mass is 32.2. The summed E-state index contributed by atoms with van der Waals surface area (Å²) < 4.78 is 31.6. The lowest BCUT2D eigenvalue weighted by Gasteiger charge is -2.24. The number of benzene rings is 1. The molecule has 2 N–H and O–H groups in total. The Morgan fingerprint density at radius 3 is 2.42 bits per heavy atom. The van der Waals surface area contributed by atoms with Crippen LogP contribution in [0.2, 0.25) is 0 Å². The molecule has 0 spiro atoms. The van der Waals surface area contributed by atoms with Crippen LogP contribution in [0, 0.1) is 0 Å². The van der Waals surface area contributed by atoms with E-state index in [9.17, 15) is 8.42 Å². The first-order chi connectivity index (χ1) is 8.88. The Balaban J connectivity index is 3.29. The van der Waals surface area contributed by atoms with Gasteiger partial charge in [-0.05, 0) is 32.0 Å². The van der Waals surface area contributed by atoms with Gasteiger partial charge in [-0.1, -0.05) is 6.92 Å². The summed E-state index contributed by atoms with van der Waals surface area (Å²) in [5.41, 5.74) is 6.30. The van der Waals surface area contributed by atoms with Crippen molar-refractivity contribution >= 4 is 10.0 Å². The number of rotatable bonds is 6. The van der Waals surface area contributed by atoms with Crippen molar-refractivity contribution in [1.82, 2.24) is 4.31 Å². The molecule has 0 aliphatic rings. The Morgan fingerprint density at radius 1 is 1.37 bits per heavy atom. The summed E-state index contributed by atoms with van der Waals surface area (Å²) >= 11 is 0. The van der Waals surface area contributed by atoms with E-state index in [2.05, 4.69) is 0 Å². The average molecular weight is 286 g/mol. The van der Waals surface area contributed by atoms with Gasteiger partial charge in [-0.15, -0.1) is 0 Å². The Hall–Kier alpha value is -1.11. The average Bonchev–Trinajstić information content (AvgIpc) is 2.37. The summed E-state index contributed by atoms with van der Waals surface area (Å²) in [6.45, 7) is 6.21. The molecule has 0 aliphatic carbocycles. The summed E-state index contributed by atoms with van der Waals surface area (Å²) in [6.07, 6.45) is 0. The molecule has 0 fully saturated rings. The van der Waals surface area contributed by atoms with E-state index in [1.807, 2.05) is 20.8 Å². The first-order valence-corrected chi connectivity index (χ1v) is 7.71. The van der Waals surface area contributed by atoms with Gasteiger partial charge in [0.15, 0.2) is 0 Å². The lowest BCUT2D eigenvalue weighted by atomic mass is 10.2. The van der Waals surface area contributed by atoms with Crippen LogP contribution >= 0.6 is 0 Å². The Morgan fingerprint density at radius 2 is 2.00 bits per heavy atom. The maximum Gasteiger partial charge on any atom is 0.243 e. The van der Waals surface area contributed by atoms with Crippen molar-refractivity contribution in [3.05, 3.63) is 23.8 Å². The van der Waals surface area contributed by atoms with Crippen molar-refractivity contribution in [2.75, 3.05) is 13.7 Å². The fourth-order valence-corrected chi connectivity index (χ4v) is 3.72. The molecule has 19 heavy (non-hydrogen) atoms. The molecule has 0 amide bonds. The molecular weight excluding hydrogens is 264 g/mol. The third-order valence-electron chi connectivity index (χ3n) is 2.97. The Bertz CT molecular complexity index is 527. The first kappa shape index (κ1) is 15.9. The van der Waals surface area contributed by atoms with E-state index in [0.717, 1.165) is 0 Å². The maximum atomic E-state index is 12.5. The van der Waals surface area contributed by atoms with Gasteiger partial charge in [0, 0.05) is 24.7 Å². The summed E-state index contributed by atoms with van der Waals surface area (Å²) in [6, 6.07) is 4.69. The zero-order valence-electron chi connectivity index (χ0n) is 11.9. The minimum Gasteiger partial charge on any atom is -0.496 e. The second-order valence-corrected chi connectivity index (χ2v) is 6.37. The zero-order valence-corrected chi connectivity index (χ0v) is 12.7. The number of hydrogen-bond donors (Lipinski definition) is 1. The molecule has 1 aromatic rings. The first-order valence-electron chi connectivity index (χ1n) is 6.27. The molecule has 0 aromatic heterocycles. The quantitative estimate of drug-likeness (QED) is 0.861. The molecule has 0 unspecified atom stereocenters. The third-order valence-corrected chi connectivity index (χ3v) is 5.11. The van der Waals surface area contributed by atoms with Crippen LogP contribution in [0.4, 0.5) is 0 Å². The number of methoxy groups -OCH3 is 1. The van der Waals surface area contributed by atoms with Gasteiger partial charge in [0.1, 0.15) is 5.75 Å². The second-order valence-electron chi connectivity index (χ2n) is 4.48. The molecule has 0 aliphatic heterocycles. The van der Waals surface area contributed by atoms with Crippen LogP contribution in [0.5, 0.6) is 5.75 Å². The highest BCUT2D eigenvalue weighted by molar-refractivity contribution is 7.89. The summed E-state index contributed by atoms with van der Waals surface area (Å²) in [5, 5.41) is 0. The number of nitrogens with two attached hydrogens (primary N) is 1. The number of hydrogen-bond acceptors (Lipinski definition) is 4. The summed E-state index contributed by atoms with van der Waals surface area (Å²) in [4.78, 5) is 0.254. The highest BCUT2D eigenvalue weighted by Crippen LogP contribution is 2.25. The molecule has 0 radical (unpaired) electrons. The van der Waals surface area contributed by atoms with Gasteiger partial charge in [-0.25, -0.2) is 8.42 Å². The van der Waals surface area contributed by atoms with Crippen molar-refractivity contribution in [2.45, 2.75) is 38.3 Å². The molecule has 0 atom stereocenters. The Kier molecular flexibility index (Phi) is 5.34. The van der Waals surface area contributed by atoms with Gasteiger partial charge in [0.25, 0.3) is 0 Å². The van der Waals surface area contributed by atoms with E-state index in [-0.39, 0.29) is 17.5 Å². The SMILES string of the molecule is CCN(C(C)C)S(=O)(=O)c1ccc(OC)c(CN)c1. The minimum absolute atomic E-state index is 0.0848. The fourth-order valence-electron chi connectivity index (χ4n) is 2.02. The van der Waals surface area contributed by atoms with Gasteiger partial charge in [-0.3, -0.25) is 0 Å². The van der Waals surface area contributed by atoms with E-state index < -0.39 is 10.0 Å². The largest absolute Gasteiger partial charge is 0.496 e. The van der Waals surface area contributed by atoms with E-state index in [4.69, 9.17) is 10.5 Å². The van der Waals surface area contributed by atoms with Crippen LogP contribution in [-0.4, -0.2) is 32.4 Å². The monoisotopic (exact) mass is 286 g/mol. The lowest BCUT2D eigenvalue weighted by molar-refractivity contribution is 0.369. The predicted molar refractivity (Wildman–Crippen MR) is 75.6 cm³/mol. The van der Waals surface area contributed by atoms with Gasteiger partial charge >= 0.3 is 0 Å². The predicted octanol–water partition coefficient (Wildman–Crippen LogP) is 1.57. The number of sulfonamides is 1. The van der Waals surface area contributed by atoms with E-state index in [1.165, 1.54) is 11.4 Å². The summed E-state index contributed by atoms with van der Waals surface area (Å²) in [7, 11) is -1.95.